The van der Waals surface area contributed by atoms with Crippen LogP contribution in [0.15, 0.2) is 57.8 Å². The summed E-state index contributed by atoms with van der Waals surface area (Å²) >= 11 is 2.98. The molecule has 0 radical (unpaired) electrons. The van der Waals surface area contributed by atoms with E-state index in [1.54, 1.807) is 35.6 Å². The molecule has 2 aromatic carbocycles. The van der Waals surface area contributed by atoms with Crippen molar-refractivity contribution in [1.29, 1.82) is 0 Å². The number of carbonyl (C=O) groups is 1. The van der Waals surface area contributed by atoms with E-state index in [1.807, 2.05) is 24.3 Å². The van der Waals surface area contributed by atoms with E-state index in [-0.39, 0.29) is 16.4 Å². The molecule has 5 nitrogen and oxygen atoms in total. The maximum atomic E-state index is 12.7. The number of para-hydroxylation sites is 1. The van der Waals surface area contributed by atoms with Crippen molar-refractivity contribution in [1.82, 2.24) is 9.29 Å². The van der Waals surface area contributed by atoms with Gasteiger partial charge in [0.05, 0.1) is 20.9 Å². The van der Waals surface area contributed by atoms with E-state index in [2.05, 4.69) is 4.98 Å². The number of carbonyl (C=O) groups excluding carboxylic acids is 1. The van der Waals surface area contributed by atoms with Crippen LogP contribution in [-0.4, -0.2) is 42.3 Å². The summed E-state index contributed by atoms with van der Waals surface area (Å²) in [6.45, 7) is 1.14. The van der Waals surface area contributed by atoms with E-state index in [0.717, 1.165) is 33.8 Å². The van der Waals surface area contributed by atoms with Gasteiger partial charge in [-0.25, -0.2) is 13.4 Å². The van der Waals surface area contributed by atoms with E-state index in [1.165, 1.54) is 16.1 Å². The number of hydrogen-bond acceptors (Lipinski definition) is 6. The number of nitrogens with zero attached hydrogens (tertiary/aromatic N) is 2. The predicted octanol–water partition coefficient (Wildman–Crippen LogP) is 4.45. The second-order valence-corrected chi connectivity index (χ2v) is 10.8. The standard InChI is InChI=1S/C20H20N2O3S3/c23-18(14-26-20-21-17-6-2-3-7-19(17)27-20)15-8-10-16(11-9-15)28(24,25)22-12-4-1-5-13-22/h2-3,6-11H,1,4-5,12-14H2. The molecule has 1 aliphatic heterocycles. The molecule has 8 heteroatoms. The number of sulfonamides is 1. The van der Waals surface area contributed by atoms with Crippen molar-refractivity contribution in [2.24, 2.45) is 0 Å². The fraction of sp³-hybridized carbons (Fsp3) is 0.300. The van der Waals surface area contributed by atoms with Gasteiger partial charge in [-0.05, 0) is 37.1 Å². The van der Waals surface area contributed by atoms with Crippen molar-refractivity contribution in [3.05, 3.63) is 54.1 Å². The van der Waals surface area contributed by atoms with Gasteiger partial charge in [-0.3, -0.25) is 4.79 Å². The molecule has 0 N–H and O–H groups in total. The van der Waals surface area contributed by atoms with Crippen LogP contribution in [0.2, 0.25) is 0 Å². The van der Waals surface area contributed by atoms with Gasteiger partial charge in [0.15, 0.2) is 10.1 Å². The number of Topliss-reactive ketones (excluding diaryl/α,β-unsaturated/α-hetero) is 1. The third-order valence-electron chi connectivity index (χ3n) is 4.73. The second-order valence-electron chi connectivity index (χ2n) is 6.65. The Kier molecular flexibility index (Phi) is 5.82. The van der Waals surface area contributed by atoms with Crippen LogP contribution in [0.1, 0.15) is 29.6 Å². The molecule has 0 unspecified atom stereocenters. The minimum atomic E-state index is -3.47. The van der Waals surface area contributed by atoms with Gasteiger partial charge in [0.1, 0.15) is 0 Å². The largest absolute Gasteiger partial charge is 0.293 e. The lowest BCUT2D eigenvalue weighted by molar-refractivity contribution is 0.102. The van der Waals surface area contributed by atoms with Gasteiger partial charge in [-0.15, -0.1) is 11.3 Å². The summed E-state index contributed by atoms with van der Waals surface area (Å²) in [5.41, 5.74) is 1.46. The Morgan fingerprint density at radius 3 is 2.46 bits per heavy atom. The Bertz CT molecular complexity index is 1050. The highest BCUT2D eigenvalue weighted by Gasteiger charge is 2.25. The topological polar surface area (TPSA) is 67.3 Å². The summed E-state index contributed by atoms with van der Waals surface area (Å²) in [7, 11) is -3.47. The molecule has 4 rings (SSSR count). The van der Waals surface area contributed by atoms with Crippen molar-refractivity contribution in [2.45, 2.75) is 28.5 Å². The van der Waals surface area contributed by atoms with E-state index in [4.69, 9.17) is 0 Å². The molecule has 0 aliphatic carbocycles. The van der Waals surface area contributed by atoms with Crippen LogP contribution >= 0.6 is 23.1 Å². The van der Waals surface area contributed by atoms with E-state index < -0.39 is 10.0 Å². The molecule has 1 aliphatic rings. The Labute approximate surface area is 172 Å². The Morgan fingerprint density at radius 2 is 1.75 bits per heavy atom. The first-order valence-electron chi connectivity index (χ1n) is 9.16. The van der Waals surface area contributed by atoms with Gasteiger partial charge < -0.3 is 0 Å². The second kappa shape index (κ2) is 8.32. The van der Waals surface area contributed by atoms with Crippen LogP contribution in [0.4, 0.5) is 0 Å². The molecular weight excluding hydrogens is 412 g/mol. The summed E-state index contributed by atoms with van der Waals surface area (Å²) in [5, 5.41) is 0. The van der Waals surface area contributed by atoms with Gasteiger partial charge in [-0.1, -0.05) is 42.4 Å². The van der Waals surface area contributed by atoms with Crippen LogP contribution < -0.4 is 0 Å². The van der Waals surface area contributed by atoms with Crippen molar-refractivity contribution >= 4 is 49.1 Å². The molecule has 0 atom stereocenters. The molecule has 2 heterocycles. The molecule has 0 amide bonds. The van der Waals surface area contributed by atoms with Crippen molar-refractivity contribution < 1.29 is 13.2 Å². The molecule has 1 aromatic heterocycles. The molecule has 146 valence electrons. The minimum absolute atomic E-state index is 0.0359. The fourth-order valence-corrected chi connectivity index (χ4v) is 6.67. The lowest BCUT2D eigenvalue weighted by atomic mass is 10.1. The first-order valence-corrected chi connectivity index (χ1v) is 12.4. The number of fused-ring (bicyclic) bond motifs is 1. The van der Waals surface area contributed by atoms with Gasteiger partial charge in [0.2, 0.25) is 10.0 Å². The normalized spacial score (nSPS) is 15.7. The maximum Gasteiger partial charge on any atom is 0.243 e. The average Bonchev–Trinajstić information content (AvgIpc) is 3.16. The highest BCUT2D eigenvalue weighted by atomic mass is 32.2. The van der Waals surface area contributed by atoms with E-state index in [0.29, 0.717) is 18.7 Å². The lowest BCUT2D eigenvalue weighted by Gasteiger charge is -2.25. The quantitative estimate of drug-likeness (QED) is 0.425. The van der Waals surface area contributed by atoms with Crippen LogP contribution in [0.25, 0.3) is 10.2 Å². The average molecular weight is 433 g/mol. The first kappa shape index (κ1) is 19.6. The van der Waals surface area contributed by atoms with Gasteiger partial charge >= 0.3 is 0 Å². The Hall–Kier alpha value is -1.74. The third kappa shape index (κ3) is 4.15. The number of aromatic nitrogens is 1. The number of piperidine rings is 1. The van der Waals surface area contributed by atoms with E-state index in [9.17, 15) is 13.2 Å². The van der Waals surface area contributed by atoms with Gasteiger partial charge in [-0.2, -0.15) is 4.31 Å². The smallest absolute Gasteiger partial charge is 0.243 e. The maximum absolute atomic E-state index is 12.7. The van der Waals surface area contributed by atoms with Crippen LogP contribution in [0.5, 0.6) is 0 Å². The van der Waals surface area contributed by atoms with Crippen molar-refractivity contribution in [3.63, 3.8) is 0 Å². The highest BCUT2D eigenvalue weighted by molar-refractivity contribution is 8.01. The van der Waals surface area contributed by atoms with Crippen LogP contribution in [-0.2, 0) is 10.0 Å². The zero-order valence-corrected chi connectivity index (χ0v) is 17.7. The molecule has 28 heavy (non-hydrogen) atoms. The number of thiazole rings is 1. The number of rotatable bonds is 6. The van der Waals surface area contributed by atoms with Crippen molar-refractivity contribution in [3.8, 4) is 0 Å². The monoisotopic (exact) mass is 432 g/mol. The fourth-order valence-electron chi connectivity index (χ4n) is 3.19. The summed E-state index contributed by atoms with van der Waals surface area (Å²) in [4.78, 5) is 17.3. The summed E-state index contributed by atoms with van der Waals surface area (Å²) in [6.07, 6.45) is 2.88. The van der Waals surface area contributed by atoms with Crippen LogP contribution in [0, 0.1) is 0 Å². The number of ketones is 1. The van der Waals surface area contributed by atoms with Crippen LogP contribution in [0.3, 0.4) is 0 Å². The molecule has 0 spiro atoms. The minimum Gasteiger partial charge on any atom is -0.293 e. The highest BCUT2D eigenvalue weighted by Crippen LogP contribution is 2.30. The summed E-state index contributed by atoms with van der Waals surface area (Å²) < 4.78 is 28.9. The molecule has 1 fully saturated rings. The molecule has 1 saturated heterocycles. The Morgan fingerprint density at radius 1 is 1.04 bits per heavy atom. The molecule has 3 aromatic rings. The van der Waals surface area contributed by atoms with E-state index >= 15 is 0 Å². The number of hydrogen-bond donors (Lipinski definition) is 0. The zero-order valence-electron chi connectivity index (χ0n) is 15.2. The molecule has 0 bridgehead atoms. The lowest BCUT2D eigenvalue weighted by Crippen LogP contribution is -2.35. The number of benzene rings is 2. The summed E-state index contributed by atoms with van der Waals surface area (Å²) in [6, 6.07) is 14.2. The molecule has 0 saturated carbocycles. The SMILES string of the molecule is O=C(CSc1nc2ccccc2s1)c1ccc(S(=O)(=O)N2CCCCC2)cc1. The molecular formula is C20H20N2O3S3. The predicted molar refractivity (Wildman–Crippen MR) is 114 cm³/mol. The van der Waals surface area contributed by atoms with Gasteiger partial charge in [0, 0.05) is 18.7 Å². The van der Waals surface area contributed by atoms with Gasteiger partial charge in [0.25, 0.3) is 0 Å². The zero-order chi connectivity index (χ0) is 19.6. The summed E-state index contributed by atoms with van der Waals surface area (Å²) in [5.74, 6) is 0.240. The van der Waals surface area contributed by atoms with Crippen molar-refractivity contribution in [2.75, 3.05) is 18.8 Å². The first-order chi connectivity index (χ1) is 13.5. The number of thioether (sulfide) groups is 1. The third-order valence-corrected chi connectivity index (χ3v) is 8.82. The Balaban J connectivity index is 1.42.